The van der Waals surface area contributed by atoms with Crippen LogP contribution in [0.5, 0.6) is 5.88 Å². The summed E-state index contributed by atoms with van der Waals surface area (Å²) in [5.41, 5.74) is -0.601. The molecule has 1 aromatic rings. The van der Waals surface area contributed by atoms with E-state index in [-0.39, 0.29) is 11.6 Å². The molecule has 0 amide bonds. The van der Waals surface area contributed by atoms with Crippen molar-refractivity contribution in [3.8, 4) is 5.88 Å². The molecule has 0 saturated carbocycles. The smallest absolute Gasteiger partial charge is 0.330 e. The van der Waals surface area contributed by atoms with Gasteiger partial charge < -0.3 is 19.7 Å². The van der Waals surface area contributed by atoms with Crippen LogP contribution in [0.15, 0.2) is 12.1 Å². The summed E-state index contributed by atoms with van der Waals surface area (Å²) >= 11 is 0. The standard InChI is InChI=1S/C14H21N3O7/c1-8-5-6-10(17(21)22)11(15-8)23-7-9(12(18)19)16-13(20)24-14(2,3)4/h5-6,9,13,16,20H,7H2,1-4H3,(H,18,19)/t9-,13?/m0/s1. The normalized spacial score (nSPS) is 14.0. The number of pyridine rings is 1. The van der Waals surface area contributed by atoms with Gasteiger partial charge in [-0.2, -0.15) is 0 Å². The predicted molar refractivity (Wildman–Crippen MR) is 82.5 cm³/mol. The lowest BCUT2D eigenvalue weighted by Gasteiger charge is -2.26. The molecule has 24 heavy (non-hydrogen) atoms. The van der Waals surface area contributed by atoms with Crippen molar-refractivity contribution < 1.29 is 29.4 Å². The molecule has 1 rings (SSSR count). The van der Waals surface area contributed by atoms with E-state index in [0.29, 0.717) is 5.69 Å². The number of carbonyl (C=O) groups is 1. The molecule has 0 bridgehead atoms. The first-order valence-corrected chi connectivity index (χ1v) is 7.09. The Kier molecular flexibility index (Phi) is 6.58. The molecule has 134 valence electrons. The topological polar surface area (TPSA) is 144 Å². The fourth-order valence-electron chi connectivity index (χ4n) is 1.66. The fraction of sp³-hybridized carbons (Fsp3) is 0.571. The fourth-order valence-corrected chi connectivity index (χ4v) is 1.66. The van der Waals surface area contributed by atoms with E-state index in [9.17, 15) is 20.0 Å². The SMILES string of the molecule is Cc1ccc([N+](=O)[O-])c(OC[C@H](NC(O)OC(C)(C)C)C(=O)O)n1. The van der Waals surface area contributed by atoms with Gasteiger partial charge in [-0.3, -0.25) is 20.2 Å². The number of aryl methyl sites for hydroxylation is 1. The number of carboxylic acids is 1. The van der Waals surface area contributed by atoms with Crippen LogP contribution >= 0.6 is 0 Å². The molecule has 0 aliphatic carbocycles. The predicted octanol–water partition coefficient (Wildman–Crippen LogP) is 0.811. The molecule has 3 N–H and O–H groups in total. The van der Waals surface area contributed by atoms with Crippen LogP contribution < -0.4 is 10.1 Å². The van der Waals surface area contributed by atoms with Crippen LogP contribution in [0.25, 0.3) is 0 Å². The zero-order valence-electron chi connectivity index (χ0n) is 13.8. The van der Waals surface area contributed by atoms with Crippen LogP contribution in [-0.2, 0) is 9.53 Å². The Labute approximate surface area is 138 Å². The van der Waals surface area contributed by atoms with E-state index in [1.165, 1.54) is 12.1 Å². The molecule has 0 saturated heterocycles. The number of nitrogens with zero attached hydrogens (tertiary/aromatic N) is 2. The van der Waals surface area contributed by atoms with Crippen molar-refractivity contribution in [2.75, 3.05) is 6.61 Å². The molecule has 10 nitrogen and oxygen atoms in total. The van der Waals surface area contributed by atoms with Gasteiger partial charge in [-0.25, -0.2) is 4.98 Å². The van der Waals surface area contributed by atoms with Gasteiger partial charge in [-0.15, -0.1) is 0 Å². The first kappa shape index (κ1) is 19.7. The number of ether oxygens (including phenoxy) is 2. The first-order valence-electron chi connectivity index (χ1n) is 7.09. The van der Waals surface area contributed by atoms with Crippen molar-refractivity contribution in [1.82, 2.24) is 10.3 Å². The first-order chi connectivity index (χ1) is 11.0. The molecule has 10 heteroatoms. The summed E-state index contributed by atoms with van der Waals surface area (Å²) in [4.78, 5) is 25.4. The van der Waals surface area contributed by atoms with Gasteiger partial charge in [0.25, 0.3) is 5.88 Å². The Balaban J connectivity index is 2.79. The lowest BCUT2D eigenvalue weighted by atomic mass is 10.2. The van der Waals surface area contributed by atoms with Crippen molar-refractivity contribution in [3.05, 3.63) is 27.9 Å². The number of hydrogen-bond donors (Lipinski definition) is 3. The molecule has 0 aliphatic heterocycles. The number of nitrogens with one attached hydrogen (secondary N) is 1. The molecular weight excluding hydrogens is 322 g/mol. The van der Waals surface area contributed by atoms with Gasteiger partial charge in [0.2, 0.25) is 6.41 Å². The van der Waals surface area contributed by atoms with E-state index in [0.717, 1.165) is 0 Å². The zero-order chi connectivity index (χ0) is 18.5. The van der Waals surface area contributed by atoms with Gasteiger partial charge in [0.15, 0.2) is 0 Å². The number of aliphatic carboxylic acids is 1. The van der Waals surface area contributed by atoms with Gasteiger partial charge in [-0.1, -0.05) is 0 Å². The van der Waals surface area contributed by atoms with E-state index in [1.54, 1.807) is 27.7 Å². The average molecular weight is 343 g/mol. The largest absolute Gasteiger partial charge is 0.480 e. The lowest BCUT2D eigenvalue weighted by Crippen LogP contribution is -2.49. The third-order valence-electron chi connectivity index (χ3n) is 2.67. The number of nitro groups is 1. The molecule has 0 aliphatic rings. The molecule has 0 spiro atoms. The van der Waals surface area contributed by atoms with Crippen molar-refractivity contribution in [1.29, 1.82) is 0 Å². The van der Waals surface area contributed by atoms with Crippen LogP contribution in [0.1, 0.15) is 26.5 Å². The highest BCUT2D eigenvalue weighted by molar-refractivity contribution is 5.73. The van der Waals surface area contributed by atoms with Gasteiger partial charge in [0.05, 0.1) is 10.5 Å². The van der Waals surface area contributed by atoms with Crippen molar-refractivity contribution in [2.45, 2.75) is 45.8 Å². The maximum absolute atomic E-state index is 11.2. The third kappa shape index (κ3) is 6.44. The van der Waals surface area contributed by atoms with Crippen LogP contribution in [0.4, 0.5) is 5.69 Å². The summed E-state index contributed by atoms with van der Waals surface area (Å²) in [7, 11) is 0. The van der Waals surface area contributed by atoms with Crippen LogP contribution in [0.2, 0.25) is 0 Å². The maximum Gasteiger partial charge on any atom is 0.330 e. The van der Waals surface area contributed by atoms with Gasteiger partial charge in [0, 0.05) is 11.8 Å². The number of carboxylic acid groups (broad SMARTS) is 1. The monoisotopic (exact) mass is 343 g/mol. The highest BCUT2D eigenvalue weighted by atomic mass is 16.6. The minimum absolute atomic E-state index is 0.292. The molecule has 2 atom stereocenters. The van der Waals surface area contributed by atoms with Crippen LogP contribution in [0.3, 0.4) is 0 Å². The van der Waals surface area contributed by atoms with Crippen molar-refractivity contribution in [2.24, 2.45) is 0 Å². The maximum atomic E-state index is 11.2. The summed E-state index contributed by atoms with van der Waals surface area (Å²) in [6.45, 7) is 6.18. The van der Waals surface area contributed by atoms with E-state index in [4.69, 9.17) is 14.6 Å². The molecule has 1 unspecified atom stereocenters. The van der Waals surface area contributed by atoms with E-state index >= 15 is 0 Å². The average Bonchev–Trinajstić information content (AvgIpc) is 2.40. The van der Waals surface area contributed by atoms with Crippen LogP contribution in [-0.4, -0.2) is 50.8 Å². The summed E-state index contributed by atoms with van der Waals surface area (Å²) in [6, 6.07) is 1.31. The second-order valence-electron chi connectivity index (χ2n) is 5.99. The molecule has 1 aromatic heterocycles. The van der Waals surface area contributed by atoms with E-state index < -0.39 is 35.6 Å². The van der Waals surface area contributed by atoms with Gasteiger partial charge in [-0.05, 0) is 33.8 Å². The minimum atomic E-state index is -1.55. The lowest BCUT2D eigenvalue weighted by molar-refractivity contribution is -0.386. The molecule has 0 aromatic carbocycles. The Morgan fingerprint density at radius 3 is 2.58 bits per heavy atom. The van der Waals surface area contributed by atoms with Gasteiger partial charge >= 0.3 is 11.7 Å². The van der Waals surface area contributed by atoms with E-state index in [2.05, 4.69) is 10.3 Å². The highest BCUT2D eigenvalue weighted by Crippen LogP contribution is 2.24. The minimum Gasteiger partial charge on any atom is -0.480 e. The molecule has 1 heterocycles. The number of hydrogen-bond acceptors (Lipinski definition) is 8. The second kappa shape index (κ2) is 7.99. The zero-order valence-corrected chi connectivity index (χ0v) is 13.8. The number of aliphatic hydroxyl groups is 1. The highest BCUT2D eigenvalue weighted by Gasteiger charge is 2.26. The summed E-state index contributed by atoms with van der Waals surface area (Å²) < 4.78 is 10.3. The molecule has 0 fully saturated rings. The van der Waals surface area contributed by atoms with Gasteiger partial charge in [0.1, 0.15) is 12.6 Å². The number of rotatable bonds is 8. The van der Waals surface area contributed by atoms with Crippen molar-refractivity contribution in [3.63, 3.8) is 0 Å². The summed E-state index contributed by atoms with van der Waals surface area (Å²) in [5, 5.41) is 32.1. The number of aromatic nitrogens is 1. The third-order valence-corrected chi connectivity index (χ3v) is 2.67. The Morgan fingerprint density at radius 2 is 2.08 bits per heavy atom. The Hall–Kier alpha value is -2.30. The summed E-state index contributed by atoms with van der Waals surface area (Å²) in [5.74, 6) is -1.61. The molecule has 0 radical (unpaired) electrons. The van der Waals surface area contributed by atoms with Crippen molar-refractivity contribution >= 4 is 11.7 Å². The Morgan fingerprint density at radius 1 is 1.46 bits per heavy atom. The quantitative estimate of drug-likeness (QED) is 0.355. The van der Waals surface area contributed by atoms with Crippen LogP contribution in [0, 0.1) is 17.0 Å². The second-order valence-corrected chi connectivity index (χ2v) is 5.99. The Bertz CT molecular complexity index is 601. The number of aliphatic hydroxyl groups excluding tert-OH is 1. The molecular formula is C14H21N3O7. The van der Waals surface area contributed by atoms with E-state index in [1.807, 2.05) is 0 Å². The summed E-state index contributed by atoms with van der Waals surface area (Å²) in [6.07, 6.45) is -1.55.